The van der Waals surface area contributed by atoms with Crippen LogP contribution < -0.4 is 5.73 Å². The van der Waals surface area contributed by atoms with E-state index < -0.39 is 33.2 Å². The lowest BCUT2D eigenvalue weighted by Crippen LogP contribution is -2.39. The molecule has 0 saturated carbocycles. The van der Waals surface area contributed by atoms with Gasteiger partial charge in [-0.2, -0.15) is 0 Å². The van der Waals surface area contributed by atoms with Gasteiger partial charge in [-0.3, -0.25) is 14.9 Å². The van der Waals surface area contributed by atoms with Crippen LogP contribution in [0.5, 0.6) is 0 Å². The molecule has 0 fully saturated rings. The summed E-state index contributed by atoms with van der Waals surface area (Å²) in [4.78, 5) is 33.9. The van der Waals surface area contributed by atoms with E-state index in [9.17, 15) is 9.13 Å². The van der Waals surface area contributed by atoms with Gasteiger partial charge in [-0.15, -0.1) is 0 Å². The molecule has 0 aromatic rings. The number of hydrogen-bond acceptors (Lipinski definition) is 4. The van der Waals surface area contributed by atoms with Crippen molar-refractivity contribution in [3.05, 3.63) is 0 Å². The fourth-order valence-corrected chi connectivity index (χ4v) is 1.71. The highest BCUT2D eigenvalue weighted by molar-refractivity contribution is 7.53. The Bertz CT molecular complexity index is 277. The lowest BCUT2D eigenvalue weighted by Gasteiger charge is -2.23. The second-order valence-electron chi connectivity index (χ2n) is 2.91. The molecule has 0 rings (SSSR count). The van der Waals surface area contributed by atoms with Gasteiger partial charge in [-0.1, -0.05) is 0 Å². The minimum absolute atomic E-state index is 0.275. The molecule has 0 aromatic heterocycles. The Morgan fingerprint density at radius 1 is 1.14 bits per heavy atom. The third-order valence-corrected chi connectivity index (χ3v) is 3.63. The highest BCUT2D eigenvalue weighted by Gasteiger charge is 2.41. The van der Waals surface area contributed by atoms with E-state index >= 15 is 0 Å². The van der Waals surface area contributed by atoms with Gasteiger partial charge in [0.25, 0.3) is 0 Å². The second-order valence-corrected chi connectivity index (χ2v) is 6.55. The molecule has 0 amide bonds. The zero-order valence-electron chi connectivity index (χ0n) is 7.15. The summed E-state index contributed by atoms with van der Waals surface area (Å²) in [5.74, 6) is 0. The fourth-order valence-electron chi connectivity index (χ4n) is 0.691. The van der Waals surface area contributed by atoms with Crippen LogP contribution in [0.4, 0.5) is 0 Å². The first-order chi connectivity index (χ1) is 5.96. The average molecular weight is 249 g/mol. The Morgan fingerprint density at radius 2 is 1.57 bits per heavy atom. The Hall–Kier alpha value is 0.220. The van der Waals surface area contributed by atoms with Gasteiger partial charge < -0.3 is 24.7 Å². The van der Waals surface area contributed by atoms with Gasteiger partial charge in [0.1, 0.15) is 0 Å². The molecule has 0 saturated heterocycles. The molecule has 7 N–H and O–H groups in total. The van der Waals surface area contributed by atoms with Crippen LogP contribution >= 0.6 is 15.2 Å². The van der Waals surface area contributed by atoms with Gasteiger partial charge in [0.2, 0.25) is 5.47 Å². The highest BCUT2D eigenvalue weighted by atomic mass is 31.2. The normalized spacial score (nSPS) is 17.9. The fraction of sp³-hybridized carbons (Fsp3) is 1.00. The summed E-state index contributed by atoms with van der Waals surface area (Å²) in [5, 5.41) is 9.01. The molecule has 1 atom stereocenters. The van der Waals surface area contributed by atoms with Crippen molar-refractivity contribution in [1.29, 1.82) is 0 Å². The average Bonchev–Trinajstić information content (AvgIpc) is 1.80. The Labute approximate surface area is 80.1 Å². The summed E-state index contributed by atoms with van der Waals surface area (Å²) in [5.41, 5.74) is 2.14. The van der Waals surface area contributed by atoms with E-state index in [0.29, 0.717) is 0 Å². The molecule has 0 radical (unpaired) electrons. The third kappa shape index (κ3) is 5.19. The molecule has 86 valence electrons. The van der Waals surface area contributed by atoms with Crippen LogP contribution in [0.1, 0.15) is 12.8 Å². The maximum absolute atomic E-state index is 10.5. The lowest BCUT2D eigenvalue weighted by atomic mass is 10.3. The Kier molecular flexibility index (Phi) is 4.45. The maximum atomic E-state index is 10.5. The monoisotopic (exact) mass is 249 g/mol. The van der Waals surface area contributed by atoms with Gasteiger partial charge in [0.15, 0.2) is 0 Å². The molecule has 0 heterocycles. The smallest absolute Gasteiger partial charge is 0.366 e. The summed E-state index contributed by atoms with van der Waals surface area (Å²) >= 11 is 0. The molecular formula is C4H13NO7P2. The first-order valence-electron chi connectivity index (χ1n) is 3.57. The third-order valence-electron chi connectivity index (χ3n) is 1.50. The van der Waals surface area contributed by atoms with Crippen LogP contribution in [0, 0.1) is 0 Å². The minimum Gasteiger partial charge on any atom is -0.366 e. The van der Waals surface area contributed by atoms with Crippen LogP contribution in [0.3, 0.4) is 0 Å². The van der Waals surface area contributed by atoms with Crippen molar-refractivity contribution in [3.8, 4) is 0 Å². The highest BCUT2D eigenvalue weighted by Crippen LogP contribution is 2.48. The zero-order valence-corrected chi connectivity index (χ0v) is 8.93. The van der Waals surface area contributed by atoms with Crippen LogP contribution in [0.2, 0.25) is 0 Å². The van der Waals surface area contributed by atoms with Gasteiger partial charge in [-0.05, 0) is 6.42 Å². The molecule has 1 unspecified atom stereocenters. The predicted octanol–water partition coefficient (Wildman–Crippen LogP) is -1.27. The molecule has 0 aromatic carbocycles. The van der Waals surface area contributed by atoms with Gasteiger partial charge in [0, 0.05) is 12.6 Å². The van der Waals surface area contributed by atoms with Crippen molar-refractivity contribution in [2.75, 3.05) is 6.16 Å². The topological polar surface area (TPSA) is 161 Å². The van der Waals surface area contributed by atoms with Crippen molar-refractivity contribution in [1.82, 2.24) is 0 Å². The van der Waals surface area contributed by atoms with Crippen molar-refractivity contribution >= 4 is 15.2 Å². The van der Waals surface area contributed by atoms with E-state index in [-0.39, 0.29) is 6.42 Å². The summed E-state index contributed by atoms with van der Waals surface area (Å²) in [6, 6.07) is 0. The van der Waals surface area contributed by atoms with E-state index in [1.165, 1.54) is 0 Å². The number of aliphatic hydroxyl groups is 1. The van der Waals surface area contributed by atoms with Crippen molar-refractivity contribution < 1.29 is 33.8 Å². The van der Waals surface area contributed by atoms with Crippen molar-refractivity contribution in [3.63, 3.8) is 0 Å². The molecule has 10 heteroatoms. The van der Waals surface area contributed by atoms with E-state index in [0.717, 1.165) is 0 Å². The maximum Gasteiger partial charge on any atom is 0.371 e. The van der Waals surface area contributed by atoms with Crippen molar-refractivity contribution in [2.24, 2.45) is 5.73 Å². The second kappa shape index (κ2) is 4.38. The van der Waals surface area contributed by atoms with Crippen LogP contribution in [0.25, 0.3) is 0 Å². The van der Waals surface area contributed by atoms with E-state index in [4.69, 9.17) is 30.4 Å². The van der Waals surface area contributed by atoms with Crippen LogP contribution in [-0.4, -0.2) is 36.3 Å². The molecular weight excluding hydrogens is 236 g/mol. The van der Waals surface area contributed by atoms with E-state index in [1.54, 1.807) is 0 Å². The standard InChI is InChI=1S/C4H13NO7P2/c5-4(6,14(10,11)12)2-1-3-13(7,8)9/h6H,1-3,5H2,(H2,7,8,9)(H2,10,11,12). The molecule has 0 bridgehead atoms. The zero-order chi connectivity index (χ0) is 11.6. The SMILES string of the molecule is NC(O)(CCCP(=O)(O)O)P(=O)(O)O. The largest absolute Gasteiger partial charge is 0.371 e. The van der Waals surface area contributed by atoms with Gasteiger partial charge in [0.05, 0.1) is 0 Å². The molecule has 8 nitrogen and oxygen atoms in total. The molecule has 0 spiro atoms. The molecule has 0 aliphatic rings. The minimum atomic E-state index is -4.87. The summed E-state index contributed by atoms with van der Waals surface area (Å²) in [7, 11) is -9.09. The van der Waals surface area contributed by atoms with E-state index in [1.807, 2.05) is 0 Å². The Balaban J connectivity index is 4.15. The summed E-state index contributed by atoms with van der Waals surface area (Å²) in [6.45, 7) is 0. The molecule has 0 aliphatic carbocycles. The Morgan fingerprint density at radius 3 is 1.86 bits per heavy atom. The van der Waals surface area contributed by atoms with Gasteiger partial charge in [-0.25, -0.2) is 0 Å². The first kappa shape index (κ1) is 14.2. The van der Waals surface area contributed by atoms with Crippen LogP contribution in [0.15, 0.2) is 0 Å². The van der Waals surface area contributed by atoms with Crippen molar-refractivity contribution in [2.45, 2.75) is 18.3 Å². The quantitative estimate of drug-likeness (QED) is 0.259. The molecule has 14 heavy (non-hydrogen) atoms. The number of rotatable bonds is 5. The first-order valence-corrected chi connectivity index (χ1v) is 6.98. The van der Waals surface area contributed by atoms with E-state index in [2.05, 4.69) is 0 Å². The molecule has 0 aliphatic heterocycles. The summed E-state index contributed by atoms with van der Waals surface area (Å²) < 4.78 is 20.9. The number of hydrogen-bond donors (Lipinski definition) is 6. The van der Waals surface area contributed by atoms with Gasteiger partial charge >= 0.3 is 15.2 Å². The predicted molar refractivity (Wildman–Crippen MR) is 47.3 cm³/mol. The lowest BCUT2D eigenvalue weighted by molar-refractivity contribution is 0.0877. The van der Waals surface area contributed by atoms with Crippen LogP contribution in [-0.2, 0) is 9.13 Å². The summed E-state index contributed by atoms with van der Waals surface area (Å²) in [6.07, 6.45) is -1.43. The number of nitrogens with two attached hydrogens (primary N) is 1.